The molecule has 0 radical (unpaired) electrons. The van der Waals surface area contributed by atoms with Crippen LogP contribution < -0.4 is 0 Å². The lowest BCUT2D eigenvalue weighted by molar-refractivity contribution is 0.263. The smallest absolute Gasteiger partial charge is 0.122 e. The number of aromatic nitrogens is 2. The molecule has 1 saturated carbocycles. The second-order valence-corrected chi connectivity index (χ2v) is 7.14. The third-order valence-electron chi connectivity index (χ3n) is 5.11. The maximum atomic E-state index is 4.44. The first-order chi connectivity index (χ1) is 9.95. The molecule has 1 atom stereocenters. The number of rotatable bonds is 5. The van der Waals surface area contributed by atoms with Crippen molar-refractivity contribution < 1.29 is 0 Å². The van der Waals surface area contributed by atoms with Crippen molar-refractivity contribution >= 4 is 0 Å². The van der Waals surface area contributed by atoms with Gasteiger partial charge in [-0.15, -0.1) is 0 Å². The van der Waals surface area contributed by atoms with E-state index in [1.54, 1.807) is 0 Å². The summed E-state index contributed by atoms with van der Waals surface area (Å²) in [6.45, 7) is 6.74. The second-order valence-electron chi connectivity index (χ2n) is 7.14. The molecule has 0 amide bonds. The maximum absolute atomic E-state index is 4.44. The average molecular weight is 283 g/mol. The lowest BCUT2D eigenvalue weighted by Gasteiger charge is -2.27. The zero-order valence-corrected chi connectivity index (χ0v) is 13.5. The van der Waals surface area contributed by atoms with Gasteiger partial charge in [0.05, 0.1) is 6.54 Å². The van der Waals surface area contributed by atoms with Crippen molar-refractivity contribution in [3.8, 4) is 0 Å². The maximum Gasteiger partial charge on any atom is 0.122 e. The van der Waals surface area contributed by atoms with Gasteiger partial charge >= 0.3 is 0 Å². The highest BCUT2D eigenvalue weighted by Gasteiger charge is 2.61. The summed E-state index contributed by atoms with van der Waals surface area (Å²) in [5.74, 6) is 1.12. The Morgan fingerprint density at radius 1 is 1.24 bits per heavy atom. The molecule has 1 aliphatic rings. The number of imidazole rings is 1. The quantitative estimate of drug-likeness (QED) is 0.840. The predicted molar refractivity (Wildman–Crippen MR) is 86.1 cm³/mol. The molecule has 112 valence electrons. The van der Waals surface area contributed by atoms with Gasteiger partial charge in [-0.25, -0.2) is 4.98 Å². The Labute approximate surface area is 127 Å². The first-order valence-corrected chi connectivity index (χ1v) is 7.65. The van der Waals surface area contributed by atoms with E-state index in [0.29, 0.717) is 5.41 Å². The molecule has 0 aliphatic heterocycles. The summed E-state index contributed by atoms with van der Waals surface area (Å²) in [5, 5.41) is 0. The molecule has 1 aromatic carbocycles. The molecule has 0 N–H and O–H groups in total. The van der Waals surface area contributed by atoms with Crippen LogP contribution in [0.3, 0.4) is 0 Å². The van der Waals surface area contributed by atoms with Crippen LogP contribution in [0.5, 0.6) is 0 Å². The van der Waals surface area contributed by atoms with Crippen molar-refractivity contribution in [2.75, 3.05) is 13.6 Å². The highest BCUT2D eigenvalue weighted by Crippen LogP contribution is 2.64. The van der Waals surface area contributed by atoms with Gasteiger partial charge in [-0.3, -0.25) is 4.90 Å². The van der Waals surface area contributed by atoms with Gasteiger partial charge in [0, 0.05) is 31.4 Å². The van der Waals surface area contributed by atoms with Crippen molar-refractivity contribution in [1.29, 1.82) is 0 Å². The Hall–Kier alpha value is -1.61. The van der Waals surface area contributed by atoms with Gasteiger partial charge in [0.15, 0.2) is 0 Å². The fraction of sp³-hybridized carbons (Fsp3) is 0.500. The van der Waals surface area contributed by atoms with Crippen LogP contribution in [0.15, 0.2) is 42.7 Å². The fourth-order valence-electron chi connectivity index (χ4n) is 3.63. The van der Waals surface area contributed by atoms with E-state index < -0.39 is 0 Å². The first kappa shape index (κ1) is 14.3. The molecule has 3 nitrogen and oxygen atoms in total. The molecule has 0 saturated heterocycles. The SMILES string of the molecule is CN(Cc1nccn1C)CC1(c2ccccc2)CC1(C)C. The number of hydrogen-bond acceptors (Lipinski definition) is 2. The summed E-state index contributed by atoms with van der Waals surface area (Å²) in [5.41, 5.74) is 2.14. The van der Waals surface area contributed by atoms with Gasteiger partial charge < -0.3 is 4.57 Å². The van der Waals surface area contributed by atoms with Crippen LogP contribution in [-0.4, -0.2) is 28.0 Å². The number of aryl methyl sites for hydroxylation is 1. The van der Waals surface area contributed by atoms with E-state index in [1.165, 1.54) is 12.0 Å². The van der Waals surface area contributed by atoms with Gasteiger partial charge in [-0.1, -0.05) is 44.2 Å². The third kappa shape index (κ3) is 2.51. The van der Waals surface area contributed by atoms with Crippen LogP contribution in [0.25, 0.3) is 0 Å². The third-order valence-corrected chi connectivity index (χ3v) is 5.11. The molecule has 1 heterocycles. The summed E-state index contributed by atoms with van der Waals surface area (Å²) in [6.07, 6.45) is 5.14. The predicted octanol–water partition coefficient (Wildman–Crippen LogP) is 3.22. The summed E-state index contributed by atoms with van der Waals surface area (Å²) in [4.78, 5) is 6.84. The lowest BCUT2D eigenvalue weighted by atomic mass is 9.87. The summed E-state index contributed by atoms with van der Waals surface area (Å²) in [6, 6.07) is 11.0. The van der Waals surface area contributed by atoms with Crippen LogP contribution in [-0.2, 0) is 19.0 Å². The molecule has 3 rings (SSSR count). The largest absolute Gasteiger partial charge is 0.337 e. The molecule has 1 unspecified atom stereocenters. The Morgan fingerprint density at radius 2 is 1.90 bits per heavy atom. The zero-order chi connectivity index (χ0) is 15.1. The van der Waals surface area contributed by atoms with E-state index in [0.717, 1.165) is 18.9 Å². The van der Waals surface area contributed by atoms with Gasteiger partial charge in [0.1, 0.15) is 5.82 Å². The Kier molecular flexibility index (Phi) is 3.40. The average Bonchev–Trinajstić information content (AvgIpc) is 2.76. The molecule has 1 fully saturated rings. The molecule has 2 aromatic rings. The van der Waals surface area contributed by atoms with Gasteiger partial charge in [0.25, 0.3) is 0 Å². The van der Waals surface area contributed by atoms with Gasteiger partial charge in [-0.05, 0) is 24.4 Å². The lowest BCUT2D eigenvalue weighted by Crippen LogP contribution is -2.32. The van der Waals surface area contributed by atoms with E-state index in [1.807, 2.05) is 12.4 Å². The van der Waals surface area contributed by atoms with Crippen LogP contribution in [0.4, 0.5) is 0 Å². The van der Waals surface area contributed by atoms with Crippen LogP contribution in [0.2, 0.25) is 0 Å². The highest BCUT2D eigenvalue weighted by atomic mass is 15.2. The van der Waals surface area contributed by atoms with Gasteiger partial charge in [-0.2, -0.15) is 0 Å². The van der Waals surface area contributed by atoms with E-state index in [2.05, 4.69) is 72.7 Å². The van der Waals surface area contributed by atoms with Crippen molar-refractivity contribution in [1.82, 2.24) is 14.5 Å². The molecule has 0 spiro atoms. The molecular weight excluding hydrogens is 258 g/mol. The Morgan fingerprint density at radius 3 is 2.43 bits per heavy atom. The monoisotopic (exact) mass is 283 g/mol. The van der Waals surface area contributed by atoms with Crippen LogP contribution >= 0.6 is 0 Å². The minimum absolute atomic E-state index is 0.286. The van der Waals surface area contributed by atoms with Crippen molar-refractivity contribution in [2.24, 2.45) is 12.5 Å². The van der Waals surface area contributed by atoms with Crippen molar-refractivity contribution in [3.05, 3.63) is 54.1 Å². The van der Waals surface area contributed by atoms with Crippen molar-refractivity contribution in [2.45, 2.75) is 32.2 Å². The zero-order valence-electron chi connectivity index (χ0n) is 13.5. The standard InChI is InChI=1S/C18H25N3/c1-17(2)13-18(17,15-8-6-5-7-9-15)14-20(3)12-16-19-10-11-21(16)4/h5-11H,12-14H2,1-4H3. The summed E-state index contributed by atoms with van der Waals surface area (Å²) in [7, 11) is 4.26. The van der Waals surface area contributed by atoms with E-state index >= 15 is 0 Å². The summed E-state index contributed by atoms with van der Waals surface area (Å²) >= 11 is 0. The number of likely N-dealkylation sites (N-methyl/N-ethyl adjacent to an activating group) is 1. The van der Waals surface area contributed by atoms with E-state index in [9.17, 15) is 0 Å². The van der Waals surface area contributed by atoms with E-state index in [-0.39, 0.29) is 5.41 Å². The highest BCUT2D eigenvalue weighted by molar-refractivity contribution is 5.37. The van der Waals surface area contributed by atoms with Gasteiger partial charge in [0.2, 0.25) is 0 Å². The number of nitrogens with zero attached hydrogens (tertiary/aromatic N) is 3. The molecule has 0 bridgehead atoms. The minimum Gasteiger partial charge on any atom is -0.337 e. The Bertz CT molecular complexity index is 614. The fourth-order valence-corrected chi connectivity index (χ4v) is 3.63. The molecular formula is C18H25N3. The Balaban J connectivity index is 1.77. The van der Waals surface area contributed by atoms with Crippen molar-refractivity contribution in [3.63, 3.8) is 0 Å². The second kappa shape index (κ2) is 4.99. The number of hydrogen-bond donors (Lipinski definition) is 0. The van der Waals surface area contributed by atoms with E-state index in [4.69, 9.17) is 0 Å². The summed E-state index contributed by atoms with van der Waals surface area (Å²) < 4.78 is 2.10. The molecule has 3 heteroatoms. The molecule has 1 aliphatic carbocycles. The van der Waals surface area contributed by atoms with Crippen LogP contribution in [0.1, 0.15) is 31.7 Å². The number of benzene rings is 1. The molecule has 1 aromatic heterocycles. The minimum atomic E-state index is 0.286. The topological polar surface area (TPSA) is 21.1 Å². The first-order valence-electron chi connectivity index (χ1n) is 7.65. The van der Waals surface area contributed by atoms with Crippen LogP contribution in [0, 0.1) is 5.41 Å². The molecule has 21 heavy (non-hydrogen) atoms. The normalized spacial score (nSPS) is 23.5.